The molecule has 47 heavy (non-hydrogen) atoms. The third kappa shape index (κ3) is 10.3. The molecule has 0 bridgehead atoms. The topological polar surface area (TPSA) is 128 Å². The molecule has 1 aromatic heterocycles. The number of carboxylic acids is 1. The predicted molar refractivity (Wildman–Crippen MR) is 173 cm³/mol. The number of carbonyl (C=O) groups excluding carboxylic acids is 2. The standard InChI is InChI=1S/C33H41F3N6O5/c1-5-19-41(8-4)32(46)47-25-16-14-24(15-17-25)21-26(29(43)44)38-28-27(22-37-31(39-28)40(6-2)7-3)42(30(45)33(34,35)36)20-18-23-12-10-9-11-13-23/h9-17,22,26H,5-8,18-21H2,1-4H3,(H,43,44)(H,37,38,39)/t26-/m0/s1. The van der Waals surface area contributed by atoms with E-state index in [4.69, 9.17) is 4.74 Å². The van der Waals surface area contributed by atoms with Crippen LogP contribution in [0.1, 0.15) is 45.2 Å². The Bertz CT molecular complexity index is 1470. The Morgan fingerprint density at radius 3 is 2.13 bits per heavy atom. The molecule has 0 aliphatic heterocycles. The number of nitrogens with zero attached hydrogens (tertiary/aromatic N) is 5. The van der Waals surface area contributed by atoms with Crippen LogP contribution in [0.15, 0.2) is 60.8 Å². The van der Waals surface area contributed by atoms with E-state index in [-0.39, 0.29) is 42.6 Å². The fourth-order valence-electron chi connectivity index (χ4n) is 4.81. The van der Waals surface area contributed by atoms with Crippen LogP contribution < -0.4 is 19.9 Å². The number of carbonyl (C=O) groups is 3. The summed E-state index contributed by atoms with van der Waals surface area (Å²) in [6.07, 6.45) is -3.86. The van der Waals surface area contributed by atoms with E-state index < -0.39 is 30.2 Å². The van der Waals surface area contributed by atoms with Gasteiger partial charge in [-0.25, -0.2) is 14.6 Å². The van der Waals surface area contributed by atoms with Gasteiger partial charge < -0.3 is 25.0 Å². The van der Waals surface area contributed by atoms with Crippen LogP contribution in [0.4, 0.5) is 35.4 Å². The molecular weight excluding hydrogens is 617 g/mol. The zero-order valence-electron chi connectivity index (χ0n) is 27.0. The molecule has 2 aromatic carbocycles. The molecule has 0 spiro atoms. The van der Waals surface area contributed by atoms with Crippen molar-refractivity contribution >= 4 is 35.4 Å². The Labute approximate surface area is 272 Å². The Hall–Kier alpha value is -4.88. The van der Waals surface area contributed by atoms with E-state index >= 15 is 0 Å². The summed E-state index contributed by atoms with van der Waals surface area (Å²) in [6, 6.07) is 13.6. The van der Waals surface area contributed by atoms with Crippen molar-refractivity contribution in [2.75, 3.05) is 47.8 Å². The Morgan fingerprint density at radius 2 is 1.57 bits per heavy atom. The molecule has 14 heteroatoms. The van der Waals surface area contributed by atoms with Crippen molar-refractivity contribution in [1.82, 2.24) is 14.9 Å². The first kappa shape index (κ1) is 36.6. The number of anilines is 3. The molecule has 1 atom stereocenters. The molecule has 0 aliphatic rings. The van der Waals surface area contributed by atoms with Gasteiger partial charge in [-0.15, -0.1) is 0 Å². The van der Waals surface area contributed by atoms with Crippen molar-refractivity contribution in [2.45, 2.75) is 59.2 Å². The Balaban J connectivity index is 1.95. The zero-order valence-corrected chi connectivity index (χ0v) is 27.0. The van der Waals surface area contributed by atoms with Crippen LogP contribution in [0.25, 0.3) is 0 Å². The summed E-state index contributed by atoms with van der Waals surface area (Å²) >= 11 is 0. The summed E-state index contributed by atoms with van der Waals surface area (Å²) in [7, 11) is 0. The largest absolute Gasteiger partial charge is 0.480 e. The van der Waals surface area contributed by atoms with Gasteiger partial charge in [0.2, 0.25) is 5.95 Å². The third-order valence-electron chi connectivity index (χ3n) is 7.36. The number of benzene rings is 2. The monoisotopic (exact) mass is 658 g/mol. The maximum absolute atomic E-state index is 13.9. The summed E-state index contributed by atoms with van der Waals surface area (Å²) in [6.45, 7) is 9.09. The second-order valence-corrected chi connectivity index (χ2v) is 10.6. The maximum atomic E-state index is 13.9. The van der Waals surface area contributed by atoms with E-state index in [2.05, 4.69) is 15.3 Å². The molecule has 1 heterocycles. The molecule has 0 unspecified atom stereocenters. The van der Waals surface area contributed by atoms with E-state index in [0.717, 1.165) is 12.6 Å². The van der Waals surface area contributed by atoms with Crippen LogP contribution in [0.5, 0.6) is 5.75 Å². The van der Waals surface area contributed by atoms with E-state index in [1.807, 2.05) is 27.7 Å². The number of ether oxygens (including phenoxy) is 1. The van der Waals surface area contributed by atoms with Gasteiger partial charge in [0.15, 0.2) is 5.82 Å². The van der Waals surface area contributed by atoms with Crippen LogP contribution in [-0.4, -0.2) is 82.9 Å². The van der Waals surface area contributed by atoms with Gasteiger partial charge in [0, 0.05) is 39.1 Å². The summed E-state index contributed by atoms with van der Waals surface area (Å²) in [5, 5.41) is 12.9. The van der Waals surface area contributed by atoms with Gasteiger partial charge in [-0.05, 0) is 56.9 Å². The van der Waals surface area contributed by atoms with Crippen molar-refractivity contribution in [2.24, 2.45) is 0 Å². The summed E-state index contributed by atoms with van der Waals surface area (Å²) in [5.41, 5.74) is 0.936. The number of halogens is 3. The van der Waals surface area contributed by atoms with Crippen molar-refractivity contribution < 1.29 is 37.4 Å². The molecule has 0 fully saturated rings. The van der Waals surface area contributed by atoms with Crippen molar-refractivity contribution in [1.29, 1.82) is 0 Å². The number of hydrogen-bond acceptors (Lipinski definition) is 8. The van der Waals surface area contributed by atoms with Crippen LogP contribution in [-0.2, 0) is 22.4 Å². The van der Waals surface area contributed by atoms with Gasteiger partial charge in [0.25, 0.3) is 0 Å². The molecule has 11 nitrogen and oxygen atoms in total. The van der Waals surface area contributed by atoms with E-state index in [1.165, 1.54) is 12.1 Å². The van der Waals surface area contributed by atoms with Crippen LogP contribution >= 0.6 is 0 Å². The lowest BCUT2D eigenvalue weighted by Crippen LogP contribution is -2.43. The lowest BCUT2D eigenvalue weighted by atomic mass is 10.1. The molecule has 2 amide bonds. The smallest absolute Gasteiger partial charge is 0.471 e. The first-order chi connectivity index (χ1) is 22.4. The van der Waals surface area contributed by atoms with Crippen molar-refractivity contribution in [3.05, 3.63) is 71.9 Å². The molecule has 2 N–H and O–H groups in total. The lowest BCUT2D eigenvalue weighted by Gasteiger charge is -2.28. The highest BCUT2D eigenvalue weighted by molar-refractivity contribution is 5.99. The molecule has 0 aliphatic carbocycles. The molecule has 0 saturated heterocycles. The third-order valence-corrected chi connectivity index (χ3v) is 7.36. The molecule has 254 valence electrons. The molecule has 0 radical (unpaired) electrons. The summed E-state index contributed by atoms with van der Waals surface area (Å²) in [5.74, 6) is -3.24. The van der Waals surface area contributed by atoms with Crippen LogP contribution in [0.2, 0.25) is 0 Å². The van der Waals surface area contributed by atoms with Gasteiger partial charge in [0.1, 0.15) is 17.5 Å². The van der Waals surface area contributed by atoms with Crippen LogP contribution in [0.3, 0.4) is 0 Å². The number of aromatic nitrogens is 2. The SMILES string of the molecule is CCCN(CC)C(=O)Oc1ccc(C[C@H](Nc2nc(N(CC)CC)ncc2N(CCc2ccccc2)C(=O)C(F)(F)F)C(=O)O)cc1. The highest BCUT2D eigenvalue weighted by Crippen LogP contribution is 2.31. The minimum Gasteiger partial charge on any atom is -0.480 e. The molecule has 3 rings (SSSR count). The number of hydrogen-bond donors (Lipinski definition) is 2. The highest BCUT2D eigenvalue weighted by atomic mass is 19.4. The number of alkyl halides is 3. The Morgan fingerprint density at radius 1 is 0.915 bits per heavy atom. The zero-order chi connectivity index (χ0) is 34.6. The highest BCUT2D eigenvalue weighted by Gasteiger charge is 2.44. The van der Waals surface area contributed by atoms with Gasteiger partial charge in [0.05, 0.1) is 6.20 Å². The molecule has 0 saturated carbocycles. The minimum atomic E-state index is -5.21. The van der Waals surface area contributed by atoms with Gasteiger partial charge in [-0.1, -0.05) is 49.4 Å². The minimum absolute atomic E-state index is 0.0909. The first-order valence-corrected chi connectivity index (χ1v) is 15.5. The summed E-state index contributed by atoms with van der Waals surface area (Å²) in [4.78, 5) is 50.1. The molecule has 3 aromatic rings. The fraction of sp³-hybridized carbons (Fsp3) is 0.424. The average molecular weight is 659 g/mol. The quantitative estimate of drug-likeness (QED) is 0.196. The number of carboxylic acid groups (broad SMARTS) is 1. The van der Waals surface area contributed by atoms with Gasteiger partial charge in [-0.3, -0.25) is 9.69 Å². The number of aliphatic carboxylic acids is 1. The summed E-state index contributed by atoms with van der Waals surface area (Å²) < 4.78 is 47.0. The lowest BCUT2D eigenvalue weighted by molar-refractivity contribution is -0.170. The van der Waals surface area contributed by atoms with E-state index in [1.54, 1.807) is 52.3 Å². The molecular formula is C33H41F3N6O5. The average Bonchev–Trinajstić information content (AvgIpc) is 3.05. The van der Waals surface area contributed by atoms with E-state index in [0.29, 0.717) is 42.2 Å². The van der Waals surface area contributed by atoms with Gasteiger partial charge in [-0.2, -0.15) is 18.2 Å². The van der Waals surface area contributed by atoms with Gasteiger partial charge >= 0.3 is 24.1 Å². The Kier molecular flexibility index (Phi) is 13.4. The van der Waals surface area contributed by atoms with E-state index in [9.17, 15) is 32.7 Å². The van der Waals surface area contributed by atoms with Crippen molar-refractivity contribution in [3.8, 4) is 5.75 Å². The fourth-order valence-corrected chi connectivity index (χ4v) is 4.81. The first-order valence-electron chi connectivity index (χ1n) is 15.5. The maximum Gasteiger partial charge on any atom is 0.471 e. The number of rotatable bonds is 16. The normalized spacial score (nSPS) is 11.8. The predicted octanol–water partition coefficient (Wildman–Crippen LogP) is 5.80. The second kappa shape index (κ2) is 17.2. The van der Waals surface area contributed by atoms with Crippen LogP contribution in [0, 0.1) is 0 Å². The second-order valence-electron chi connectivity index (χ2n) is 10.6. The number of amides is 2. The van der Waals surface area contributed by atoms with Crippen molar-refractivity contribution in [3.63, 3.8) is 0 Å². The number of nitrogens with one attached hydrogen (secondary N) is 1.